The van der Waals surface area contributed by atoms with Crippen LogP contribution in [0.4, 0.5) is 9.52 Å². The molecule has 0 atom stereocenters. The molecule has 0 bridgehead atoms. The molecule has 3 rings (SSSR count). The number of aromatic nitrogens is 1. The maximum atomic E-state index is 13.5. The SMILES string of the molecule is CCN(CC)CCN(C(=O)c1ccc(Br)cc1)c1nc2ccc(F)cc2s1. The number of amides is 1. The van der Waals surface area contributed by atoms with Gasteiger partial charge in [-0.2, -0.15) is 0 Å². The molecule has 142 valence electrons. The van der Waals surface area contributed by atoms with Gasteiger partial charge in [-0.3, -0.25) is 9.69 Å². The highest BCUT2D eigenvalue weighted by molar-refractivity contribution is 9.10. The summed E-state index contributed by atoms with van der Waals surface area (Å²) in [7, 11) is 0. The normalized spacial score (nSPS) is 11.3. The first-order valence-corrected chi connectivity index (χ1v) is 10.5. The lowest BCUT2D eigenvalue weighted by Crippen LogP contribution is -2.38. The molecule has 2 aromatic carbocycles. The molecule has 0 fully saturated rings. The summed E-state index contributed by atoms with van der Waals surface area (Å²) in [6.45, 7) is 7.32. The number of carbonyl (C=O) groups excluding carboxylic acids is 1. The molecule has 1 amide bonds. The Labute approximate surface area is 170 Å². The standard InChI is InChI=1S/C20H21BrFN3OS/c1-3-24(4-2)11-12-25(19(26)14-5-7-15(21)8-6-14)20-23-17-10-9-16(22)13-18(17)27-20/h5-10,13H,3-4,11-12H2,1-2H3. The van der Waals surface area contributed by atoms with Crippen molar-refractivity contribution in [2.45, 2.75) is 13.8 Å². The Bertz CT molecular complexity index is 925. The van der Waals surface area contributed by atoms with Crippen molar-refractivity contribution in [3.63, 3.8) is 0 Å². The summed E-state index contributed by atoms with van der Waals surface area (Å²) in [6, 6.07) is 11.8. The van der Waals surface area contributed by atoms with E-state index in [1.54, 1.807) is 23.1 Å². The number of likely N-dealkylation sites (N-methyl/N-ethyl adjacent to an activating group) is 1. The molecule has 0 radical (unpaired) electrons. The van der Waals surface area contributed by atoms with Crippen molar-refractivity contribution in [1.29, 1.82) is 0 Å². The van der Waals surface area contributed by atoms with Gasteiger partial charge in [-0.15, -0.1) is 0 Å². The molecule has 0 aliphatic rings. The van der Waals surface area contributed by atoms with Crippen molar-refractivity contribution in [1.82, 2.24) is 9.88 Å². The first kappa shape index (κ1) is 19.9. The minimum atomic E-state index is -0.299. The molecule has 0 spiro atoms. The molecule has 0 saturated carbocycles. The maximum Gasteiger partial charge on any atom is 0.260 e. The largest absolute Gasteiger partial charge is 0.302 e. The lowest BCUT2D eigenvalue weighted by atomic mass is 10.2. The quantitative estimate of drug-likeness (QED) is 0.498. The average molecular weight is 450 g/mol. The van der Waals surface area contributed by atoms with Gasteiger partial charge in [0.1, 0.15) is 5.82 Å². The van der Waals surface area contributed by atoms with E-state index in [1.165, 1.54) is 23.5 Å². The molecule has 3 aromatic rings. The van der Waals surface area contributed by atoms with E-state index in [2.05, 4.69) is 39.7 Å². The summed E-state index contributed by atoms with van der Waals surface area (Å²) in [6.07, 6.45) is 0. The number of carbonyl (C=O) groups is 1. The summed E-state index contributed by atoms with van der Waals surface area (Å²) in [5, 5.41) is 0.593. The Hall–Kier alpha value is -1.83. The predicted octanol–water partition coefficient (Wildman–Crippen LogP) is 5.19. The second kappa shape index (κ2) is 8.91. The van der Waals surface area contributed by atoms with Crippen LogP contribution in [-0.4, -0.2) is 42.0 Å². The van der Waals surface area contributed by atoms with Gasteiger partial charge in [0.05, 0.1) is 10.2 Å². The molecule has 0 unspecified atom stereocenters. The highest BCUT2D eigenvalue weighted by Crippen LogP contribution is 2.30. The summed E-state index contributed by atoms with van der Waals surface area (Å²) in [5.74, 6) is -0.402. The number of hydrogen-bond donors (Lipinski definition) is 0. The molecule has 27 heavy (non-hydrogen) atoms. The van der Waals surface area contributed by atoms with Crippen LogP contribution in [0.1, 0.15) is 24.2 Å². The number of hydrogen-bond acceptors (Lipinski definition) is 4. The van der Waals surface area contributed by atoms with Crippen LogP contribution in [-0.2, 0) is 0 Å². The van der Waals surface area contributed by atoms with Gasteiger partial charge in [-0.25, -0.2) is 9.37 Å². The minimum absolute atomic E-state index is 0.103. The number of thiazole rings is 1. The topological polar surface area (TPSA) is 36.4 Å². The van der Waals surface area contributed by atoms with Crippen LogP contribution in [0.25, 0.3) is 10.2 Å². The van der Waals surface area contributed by atoms with Gasteiger partial charge < -0.3 is 4.90 Å². The van der Waals surface area contributed by atoms with Crippen molar-refractivity contribution in [2.24, 2.45) is 0 Å². The minimum Gasteiger partial charge on any atom is -0.302 e. The average Bonchev–Trinajstić information content (AvgIpc) is 3.08. The molecular formula is C20H21BrFN3OS. The number of nitrogens with zero attached hydrogens (tertiary/aromatic N) is 3. The number of benzene rings is 2. The predicted molar refractivity (Wildman–Crippen MR) is 113 cm³/mol. The third-order valence-electron chi connectivity index (χ3n) is 4.44. The zero-order chi connectivity index (χ0) is 19.4. The van der Waals surface area contributed by atoms with Gasteiger partial charge in [0.15, 0.2) is 5.13 Å². The molecule has 0 saturated heterocycles. The fraction of sp³-hybridized carbons (Fsp3) is 0.300. The van der Waals surface area contributed by atoms with Gasteiger partial charge in [-0.1, -0.05) is 41.1 Å². The van der Waals surface area contributed by atoms with E-state index in [1.807, 2.05) is 12.1 Å². The molecule has 4 nitrogen and oxygen atoms in total. The first-order chi connectivity index (χ1) is 13.0. The van der Waals surface area contributed by atoms with Crippen LogP contribution in [0.15, 0.2) is 46.9 Å². The van der Waals surface area contributed by atoms with Gasteiger partial charge in [0.25, 0.3) is 5.91 Å². The third-order valence-corrected chi connectivity index (χ3v) is 6.01. The van der Waals surface area contributed by atoms with E-state index >= 15 is 0 Å². The number of anilines is 1. The van der Waals surface area contributed by atoms with Crippen LogP contribution < -0.4 is 4.90 Å². The Balaban J connectivity index is 1.94. The Morgan fingerprint density at radius 2 is 1.81 bits per heavy atom. The number of fused-ring (bicyclic) bond motifs is 1. The summed E-state index contributed by atoms with van der Waals surface area (Å²) in [4.78, 5) is 21.7. The summed E-state index contributed by atoms with van der Waals surface area (Å²) < 4.78 is 15.2. The molecule has 1 heterocycles. The van der Waals surface area contributed by atoms with Gasteiger partial charge >= 0.3 is 0 Å². The lowest BCUT2D eigenvalue weighted by molar-refractivity contribution is 0.0984. The monoisotopic (exact) mass is 449 g/mol. The van der Waals surface area contributed by atoms with Gasteiger partial charge in [0.2, 0.25) is 0 Å². The zero-order valence-corrected chi connectivity index (χ0v) is 17.7. The van der Waals surface area contributed by atoms with E-state index < -0.39 is 0 Å². The van der Waals surface area contributed by atoms with Crippen LogP contribution in [0.3, 0.4) is 0 Å². The van der Waals surface area contributed by atoms with Crippen molar-refractivity contribution in [2.75, 3.05) is 31.1 Å². The third kappa shape index (κ3) is 4.72. The number of halogens is 2. The fourth-order valence-electron chi connectivity index (χ4n) is 2.82. The van der Waals surface area contributed by atoms with Crippen LogP contribution in [0, 0.1) is 5.82 Å². The fourth-order valence-corrected chi connectivity index (χ4v) is 4.09. The number of rotatable bonds is 7. The maximum absolute atomic E-state index is 13.5. The highest BCUT2D eigenvalue weighted by atomic mass is 79.9. The molecule has 0 aliphatic carbocycles. The van der Waals surface area contributed by atoms with Crippen molar-refractivity contribution < 1.29 is 9.18 Å². The smallest absolute Gasteiger partial charge is 0.260 e. The Morgan fingerprint density at radius 3 is 2.48 bits per heavy atom. The van der Waals surface area contributed by atoms with E-state index in [-0.39, 0.29) is 11.7 Å². The van der Waals surface area contributed by atoms with Crippen molar-refractivity contribution >= 4 is 48.5 Å². The van der Waals surface area contributed by atoms with Crippen LogP contribution in [0.5, 0.6) is 0 Å². The zero-order valence-electron chi connectivity index (χ0n) is 15.3. The Kier molecular flexibility index (Phi) is 6.57. The molecule has 0 aliphatic heterocycles. The second-order valence-corrected chi connectivity index (χ2v) is 8.02. The van der Waals surface area contributed by atoms with Crippen LogP contribution >= 0.6 is 27.3 Å². The summed E-state index contributed by atoms with van der Waals surface area (Å²) >= 11 is 4.74. The van der Waals surface area contributed by atoms with E-state index in [0.717, 1.165) is 28.8 Å². The lowest BCUT2D eigenvalue weighted by Gasteiger charge is -2.24. The van der Waals surface area contributed by atoms with E-state index in [9.17, 15) is 9.18 Å². The van der Waals surface area contributed by atoms with E-state index in [0.29, 0.717) is 22.8 Å². The first-order valence-electron chi connectivity index (χ1n) is 8.87. The van der Waals surface area contributed by atoms with Crippen molar-refractivity contribution in [3.8, 4) is 0 Å². The van der Waals surface area contributed by atoms with Gasteiger partial charge in [0, 0.05) is 23.1 Å². The molecule has 0 N–H and O–H groups in total. The highest BCUT2D eigenvalue weighted by Gasteiger charge is 2.22. The summed E-state index contributed by atoms with van der Waals surface area (Å²) in [5.41, 5.74) is 1.30. The second-order valence-electron chi connectivity index (χ2n) is 6.10. The molecule has 7 heteroatoms. The van der Waals surface area contributed by atoms with Crippen molar-refractivity contribution in [3.05, 3.63) is 58.3 Å². The molecule has 1 aromatic heterocycles. The van der Waals surface area contributed by atoms with Crippen LogP contribution in [0.2, 0.25) is 0 Å². The molecular weight excluding hydrogens is 429 g/mol. The van der Waals surface area contributed by atoms with E-state index in [4.69, 9.17) is 0 Å². The van der Waals surface area contributed by atoms with Gasteiger partial charge in [-0.05, 0) is 55.6 Å². The Morgan fingerprint density at radius 1 is 1.11 bits per heavy atom.